The van der Waals surface area contributed by atoms with Crippen molar-refractivity contribution in [2.24, 2.45) is 0 Å². The standard InChI is InChI=1S/C18H11BrClF2NO3S/c1-8(24)14-17(25)15-13(20)3-2-12(19)16(15)23-18(14)27(26)7-9-4-10(21)6-11(22)5-9/h2-6H,7H2,1H3,(H,23,25). The van der Waals surface area contributed by atoms with Gasteiger partial charge < -0.3 is 9.54 Å². The summed E-state index contributed by atoms with van der Waals surface area (Å²) in [7, 11) is 0. The fourth-order valence-corrected chi connectivity index (χ4v) is 4.68. The molecule has 140 valence electrons. The molecule has 1 unspecified atom stereocenters. The van der Waals surface area contributed by atoms with E-state index in [9.17, 15) is 22.9 Å². The van der Waals surface area contributed by atoms with Gasteiger partial charge in [-0.15, -0.1) is 0 Å². The number of nitrogens with one attached hydrogen (secondary N) is 1. The lowest BCUT2D eigenvalue weighted by atomic mass is 10.1. The van der Waals surface area contributed by atoms with E-state index in [2.05, 4.69) is 20.9 Å². The molecule has 4 nitrogen and oxygen atoms in total. The number of hydrogen-bond donors (Lipinski definition) is 1. The lowest BCUT2D eigenvalue weighted by Gasteiger charge is -2.15. The average molecular weight is 475 g/mol. The molecule has 1 N–H and O–H groups in total. The fraction of sp³-hybridized carbons (Fsp3) is 0.111. The SMILES string of the molecule is CC(=O)c1c([S+]([O-])Cc2cc(F)cc(F)c2)[nH]c2c(Br)ccc(Cl)c2c1=O. The zero-order valence-corrected chi connectivity index (χ0v) is 16.9. The molecule has 27 heavy (non-hydrogen) atoms. The van der Waals surface area contributed by atoms with E-state index in [-0.39, 0.29) is 37.8 Å². The van der Waals surface area contributed by atoms with Crippen molar-refractivity contribution in [3.05, 3.63) is 72.8 Å². The molecule has 1 atom stereocenters. The number of ketones is 1. The van der Waals surface area contributed by atoms with E-state index in [0.717, 1.165) is 12.1 Å². The second-order valence-corrected chi connectivity index (χ2v) is 8.41. The van der Waals surface area contributed by atoms with Gasteiger partial charge in [0, 0.05) is 27.3 Å². The number of aromatic amines is 1. The minimum absolute atomic E-state index is 0.0915. The summed E-state index contributed by atoms with van der Waals surface area (Å²) < 4.78 is 40.1. The minimum atomic E-state index is -1.94. The maximum atomic E-state index is 13.4. The zero-order chi connectivity index (χ0) is 19.9. The van der Waals surface area contributed by atoms with Gasteiger partial charge in [0.05, 0.1) is 15.9 Å². The van der Waals surface area contributed by atoms with Crippen LogP contribution < -0.4 is 5.43 Å². The summed E-state index contributed by atoms with van der Waals surface area (Å²) in [6.07, 6.45) is 0. The van der Waals surface area contributed by atoms with Crippen LogP contribution in [0.15, 0.2) is 44.6 Å². The predicted molar refractivity (Wildman–Crippen MR) is 104 cm³/mol. The van der Waals surface area contributed by atoms with E-state index in [4.69, 9.17) is 11.6 Å². The normalized spacial score (nSPS) is 12.4. The van der Waals surface area contributed by atoms with Crippen LogP contribution in [-0.2, 0) is 16.9 Å². The van der Waals surface area contributed by atoms with Gasteiger partial charge in [-0.05, 0) is 47.1 Å². The highest BCUT2D eigenvalue weighted by molar-refractivity contribution is 9.10. The number of aromatic nitrogens is 1. The number of Topliss-reactive ketones (excluding diaryl/α,β-unsaturated/α-hetero) is 1. The van der Waals surface area contributed by atoms with E-state index < -0.39 is 34.0 Å². The molecule has 0 amide bonds. The molecule has 0 aliphatic carbocycles. The highest BCUT2D eigenvalue weighted by Gasteiger charge is 2.27. The van der Waals surface area contributed by atoms with Crippen LogP contribution in [0.25, 0.3) is 10.9 Å². The zero-order valence-electron chi connectivity index (χ0n) is 13.7. The second-order valence-electron chi connectivity index (χ2n) is 5.76. The number of carbonyl (C=O) groups excluding carboxylic acids is 1. The van der Waals surface area contributed by atoms with Gasteiger partial charge >= 0.3 is 0 Å². The monoisotopic (exact) mass is 473 g/mol. The summed E-state index contributed by atoms with van der Waals surface area (Å²) in [5, 5.41) is 0.114. The summed E-state index contributed by atoms with van der Waals surface area (Å²) in [6, 6.07) is 5.88. The number of carbonyl (C=O) groups is 1. The Balaban J connectivity index is 2.20. The van der Waals surface area contributed by atoms with Crippen LogP contribution in [0.4, 0.5) is 8.78 Å². The molecular formula is C18H11BrClF2NO3S. The maximum absolute atomic E-state index is 13.4. The summed E-state index contributed by atoms with van der Waals surface area (Å²) in [5.74, 6) is -2.50. The van der Waals surface area contributed by atoms with Crippen LogP contribution in [0.2, 0.25) is 5.02 Å². The van der Waals surface area contributed by atoms with Gasteiger partial charge in [0.1, 0.15) is 23.0 Å². The van der Waals surface area contributed by atoms with Crippen molar-refractivity contribution in [2.75, 3.05) is 0 Å². The molecule has 3 rings (SSSR count). The molecule has 0 saturated heterocycles. The lowest BCUT2D eigenvalue weighted by Crippen LogP contribution is -2.22. The topological polar surface area (TPSA) is 73.0 Å². The van der Waals surface area contributed by atoms with Gasteiger partial charge in [-0.1, -0.05) is 11.6 Å². The van der Waals surface area contributed by atoms with Crippen molar-refractivity contribution in [3.8, 4) is 0 Å². The summed E-state index contributed by atoms with van der Waals surface area (Å²) >= 11 is 7.44. The average Bonchev–Trinajstić information content (AvgIpc) is 2.56. The molecule has 0 saturated carbocycles. The molecule has 0 aliphatic rings. The van der Waals surface area contributed by atoms with Crippen molar-refractivity contribution < 1.29 is 18.1 Å². The van der Waals surface area contributed by atoms with Gasteiger partial charge in [-0.25, -0.2) is 8.78 Å². The molecule has 0 bridgehead atoms. The van der Waals surface area contributed by atoms with E-state index >= 15 is 0 Å². The van der Waals surface area contributed by atoms with Crippen LogP contribution in [0.3, 0.4) is 0 Å². The van der Waals surface area contributed by atoms with Gasteiger partial charge in [0.15, 0.2) is 5.78 Å². The van der Waals surface area contributed by atoms with Gasteiger partial charge in [0.25, 0.3) is 0 Å². The van der Waals surface area contributed by atoms with Crippen LogP contribution in [0.1, 0.15) is 22.8 Å². The Morgan fingerprint density at radius 2 is 1.89 bits per heavy atom. The Hall–Kier alpha value is -1.74. The Kier molecular flexibility index (Phi) is 5.71. The summed E-state index contributed by atoms with van der Waals surface area (Å²) in [6.45, 7) is 1.17. The number of H-pyrrole nitrogens is 1. The van der Waals surface area contributed by atoms with Gasteiger partial charge in [-0.2, -0.15) is 0 Å². The molecule has 0 radical (unpaired) electrons. The molecule has 0 aliphatic heterocycles. The summed E-state index contributed by atoms with van der Waals surface area (Å²) in [4.78, 5) is 27.7. The maximum Gasteiger partial charge on any atom is 0.238 e. The fourth-order valence-electron chi connectivity index (χ4n) is 2.71. The first kappa shape index (κ1) is 20.0. The van der Waals surface area contributed by atoms with Crippen molar-refractivity contribution in [3.63, 3.8) is 0 Å². The Bertz CT molecular complexity index is 1120. The van der Waals surface area contributed by atoms with Crippen LogP contribution in [-0.4, -0.2) is 15.3 Å². The van der Waals surface area contributed by atoms with E-state index in [1.165, 1.54) is 13.0 Å². The molecule has 0 spiro atoms. The Labute approximate surface area is 168 Å². The number of halogens is 4. The van der Waals surface area contributed by atoms with E-state index in [1.807, 2.05) is 0 Å². The Morgan fingerprint density at radius 1 is 1.26 bits per heavy atom. The largest absolute Gasteiger partial charge is 0.610 e. The molecule has 1 heterocycles. The quantitative estimate of drug-likeness (QED) is 0.439. The molecule has 3 aromatic rings. The molecule has 2 aromatic carbocycles. The smallest absolute Gasteiger partial charge is 0.238 e. The number of pyridine rings is 1. The second kappa shape index (κ2) is 7.71. The van der Waals surface area contributed by atoms with Crippen molar-refractivity contribution >= 4 is 55.4 Å². The van der Waals surface area contributed by atoms with Crippen LogP contribution >= 0.6 is 27.5 Å². The van der Waals surface area contributed by atoms with Crippen molar-refractivity contribution in [2.45, 2.75) is 17.7 Å². The predicted octanol–water partition coefficient (Wildman–Crippen LogP) is 4.73. The van der Waals surface area contributed by atoms with Gasteiger partial charge in [-0.3, -0.25) is 9.59 Å². The molecule has 9 heteroatoms. The van der Waals surface area contributed by atoms with Crippen molar-refractivity contribution in [1.29, 1.82) is 0 Å². The van der Waals surface area contributed by atoms with Crippen molar-refractivity contribution in [1.82, 2.24) is 4.98 Å². The first-order valence-corrected chi connectivity index (χ1v) is 10.1. The Morgan fingerprint density at radius 3 is 2.48 bits per heavy atom. The third-order valence-electron chi connectivity index (χ3n) is 3.82. The molecule has 0 fully saturated rings. The summed E-state index contributed by atoms with van der Waals surface area (Å²) in [5.41, 5.74) is -0.535. The number of benzene rings is 2. The number of hydrogen-bond acceptors (Lipinski definition) is 3. The first-order chi connectivity index (χ1) is 12.7. The van der Waals surface area contributed by atoms with E-state index in [1.54, 1.807) is 6.07 Å². The third kappa shape index (κ3) is 3.94. The lowest BCUT2D eigenvalue weighted by molar-refractivity contribution is 0.101. The highest BCUT2D eigenvalue weighted by atomic mass is 79.9. The minimum Gasteiger partial charge on any atom is -0.610 e. The molecular weight excluding hydrogens is 464 g/mol. The first-order valence-electron chi connectivity index (χ1n) is 7.57. The number of rotatable bonds is 4. The number of fused-ring (bicyclic) bond motifs is 1. The van der Waals surface area contributed by atoms with Crippen LogP contribution in [0.5, 0.6) is 0 Å². The van der Waals surface area contributed by atoms with Gasteiger partial charge in [0.2, 0.25) is 10.5 Å². The highest BCUT2D eigenvalue weighted by Crippen LogP contribution is 2.29. The third-order valence-corrected chi connectivity index (χ3v) is 6.16. The van der Waals surface area contributed by atoms with E-state index in [0.29, 0.717) is 10.5 Å². The van der Waals surface area contributed by atoms with Crippen LogP contribution in [0, 0.1) is 11.6 Å². The molecule has 1 aromatic heterocycles.